The summed E-state index contributed by atoms with van der Waals surface area (Å²) in [6, 6.07) is 17.0. The number of halogens is 2. The van der Waals surface area contributed by atoms with Crippen LogP contribution in [0.4, 0.5) is 5.69 Å². The zero-order valence-corrected chi connectivity index (χ0v) is 17.3. The summed E-state index contributed by atoms with van der Waals surface area (Å²) in [5, 5.41) is 9.03. The van der Waals surface area contributed by atoms with Gasteiger partial charge in [-0.2, -0.15) is 5.10 Å². The Balaban J connectivity index is 1.53. The second-order valence-electron chi connectivity index (χ2n) is 6.44. The van der Waals surface area contributed by atoms with Crippen LogP contribution in [0.1, 0.15) is 21.7 Å². The summed E-state index contributed by atoms with van der Waals surface area (Å²) in [6.07, 6.45) is 1.81. The van der Waals surface area contributed by atoms with Crippen LogP contribution in [0.5, 0.6) is 0 Å². The summed E-state index contributed by atoms with van der Waals surface area (Å²) in [4.78, 5) is 17.1. The normalized spacial score (nSPS) is 11.0. The first-order valence-corrected chi connectivity index (χ1v) is 9.81. The van der Waals surface area contributed by atoms with Crippen molar-refractivity contribution >= 4 is 50.0 Å². The molecule has 140 valence electrons. The van der Waals surface area contributed by atoms with Gasteiger partial charge in [0, 0.05) is 21.1 Å². The summed E-state index contributed by atoms with van der Waals surface area (Å²) in [5.74, 6) is -0.268. The summed E-state index contributed by atoms with van der Waals surface area (Å²) < 4.78 is 2.75. The molecule has 0 aliphatic heterocycles. The summed E-state index contributed by atoms with van der Waals surface area (Å²) >= 11 is 9.48. The smallest absolute Gasteiger partial charge is 0.274 e. The maximum atomic E-state index is 12.7. The Hall–Kier alpha value is -2.70. The lowest BCUT2D eigenvalue weighted by Crippen LogP contribution is -2.13. The maximum Gasteiger partial charge on any atom is 0.274 e. The van der Waals surface area contributed by atoms with Crippen LogP contribution in [0.25, 0.3) is 10.9 Å². The third kappa shape index (κ3) is 4.08. The molecule has 0 bridgehead atoms. The molecule has 5 nitrogen and oxygen atoms in total. The Morgan fingerprint density at radius 1 is 1.18 bits per heavy atom. The van der Waals surface area contributed by atoms with Crippen LogP contribution in [0.15, 0.2) is 65.3 Å². The van der Waals surface area contributed by atoms with Gasteiger partial charge in [-0.1, -0.05) is 45.7 Å². The number of aromatic nitrogens is 3. The second-order valence-corrected chi connectivity index (χ2v) is 7.80. The molecule has 1 amide bonds. The number of nitrogens with one attached hydrogen (secondary N) is 1. The molecule has 2 aromatic heterocycles. The van der Waals surface area contributed by atoms with Crippen LogP contribution in [0, 0.1) is 6.92 Å². The minimum atomic E-state index is -0.268. The van der Waals surface area contributed by atoms with Crippen LogP contribution < -0.4 is 5.32 Å². The third-order valence-corrected chi connectivity index (χ3v) is 5.04. The molecule has 0 atom stereocenters. The van der Waals surface area contributed by atoms with E-state index in [1.165, 1.54) is 0 Å². The van der Waals surface area contributed by atoms with Crippen LogP contribution >= 0.6 is 27.5 Å². The van der Waals surface area contributed by atoms with Crippen LogP contribution in [0.2, 0.25) is 5.02 Å². The Kier molecular flexibility index (Phi) is 5.15. The molecule has 0 radical (unpaired) electrons. The molecule has 0 aliphatic rings. The zero-order chi connectivity index (χ0) is 19.7. The number of pyridine rings is 1. The predicted octanol–water partition coefficient (Wildman–Crippen LogP) is 5.46. The molecule has 2 aromatic carbocycles. The van der Waals surface area contributed by atoms with Gasteiger partial charge in [0.1, 0.15) is 5.69 Å². The highest BCUT2D eigenvalue weighted by Gasteiger charge is 2.13. The fourth-order valence-corrected chi connectivity index (χ4v) is 3.54. The SMILES string of the molecule is Cc1nn(Cc2cccc(Cl)c2)cc1NC(=O)c1ccc2cc(Br)ccc2n1. The molecule has 2 heterocycles. The lowest BCUT2D eigenvalue weighted by Gasteiger charge is -2.05. The number of carbonyl (C=O) groups is 1. The number of carbonyl (C=O) groups excluding carboxylic acids is 1. The van der Waals surface area contributed by atoms with E-state index >= 15 is 0 Å². The van der Waals surface area contributed by atoms with Gasteiger partial charge in [-0.3, -0.25) is 9.48 Å². The number of anilines is 1. The van der Waals surface area contributed by atoms with Crippen molar-refractivity contribution in [2.75, 3.05) is 5.32 Å². The van der Waals surface area contributed by atoms with Gasteiger partial charge in [0.2, 0.25) is 0 Å². The molecular formula is C21H16BrClN4O. The van der Waals surface area contributed by atoms with E-state index in [1.807, 2.05) is 61.7 Å². The molecule has 0 saturated carbocycles. The predicted molar refractivity (Wildman–Crippen MR) is 115 cm³/mol. The lowest BCUT2D eigenvalue weighted by atomic mass is 10.2. The van der Waals surface area contributed by atoms with Gasteiger partial charge in [0.25, 0.3) is 5.91 Å². The number of benzene rings is 2. The third-order valence-electron chi connectivity index (χ3n) is 4.31. The second kappa shape index (κ2) is 7.73. The molecule has 4 aromatic rings. The summed E-state index contributed by atoms with van der Waals surface area (Å²) in [6.45, 7) is 2.43. The zero-order valence-electron chi connectivity index (χ0n) is 15.0. The highest BCUT2D eigenvalue weighted by Crippen LogP contribution is 2.20. The quantitative estimate of drug-likeness (QED) is 0.445. The molecule has 1 N–H and O–H groups in total. The molecular weight excluding hydrogens is 440 g/mol. The summed E-state index contributed by atoms with van der Waals surface area (Å²) in [7, 11) is 0. The largest absolute Gasteiger partial charge is 0.318 e. The van der Waals surface area contributed by atoms with Gasteiger partial charge in [-0.05, 0) is 48.9 Å². The number of nitrogens with zero attached hydrogens (tertiary/aromatic N) is 3. The number of hydrogen-bond donors (Lipinski definition) is 1. The van der Waals surface area contributed by atoms with E-state index in [-0.39, 0.29) is 5.91 Å². The molecule has 0 saturated heterocycles. The highest BCUT2D eigenvalue weighted by molar-refractivity contribution is 9.10. The van der Waals surface area contributed by atoms with Gasteiger partial charge in [0.15, 0.2) is 0 Å². The first-order chi connectivity index (χ1) is 13.5. The molecule has 0 aliphatic carbocycles. The maximum absolute atomic E-state index is 12.7. The fraction of sp³-hybridized carbons (Fsp3) is 0.0952. The molecule has 0 spiro atoms. The van der Waals surface area contributed by atoms with Gasteiger partial charge >= 0.3 is 0 Å². The van der Waals surface area contributed by atoms with Gasteiger partial charge < -0.3 is 5.32 Å². The number of amides is 1. The van der Waals surface area contributed by atoms with E-state index in [2.05, 4.69) is 31.3 Å². The van der Waals surface area contributed by atoms with Crippen molar-refractivity contribution in [1.29, 1.82) is 0 Å². The van der Waals surface area contributed by atoms with E-state index in [1.54, 1.807) is 10.7 Å². The Morgan fingerprint density at radius 3 is 2.86 bits per heavy atom. The van der Waals surface area contributed by atoms with Crippen molar-refractivity contribution in [3.8, 4) is 0 Å². The highest BCUT2D eigenvalue weighted by atomic mass is 79.9. The van der Waals surface area contributed by atoms with E-state index in [0.717, 1.165) is 26.6 Å². The Morgan fingerprint density at radius 2 is 2.04 bits per heavy atom. The molecule has 4 rings (SSSR count). The van der Waals surface area contributed by atoms with Crippen LogP contribution in [0.3, 0.4) is 0 Å². The van der Waals surface area contributed by atoms with Gasteiger partial charge in [-0.15, -0.1) is 0 Å². The van der Waals surface area contributed by atoms with Crippen molar-refractivity contribution < 1.29 is 4.79 Å². The fourth-order valence-electron chi connectivity index (χ4n) is 2.95. The number of rotatable bonds is 4. The van der Waals surface area contributed by atoms with Crippen molar-refractivity contribution in [1.82, 2.24) is 14.8 Å². The van der Waals surface area contributed by atoms with Crippen LogP contribution in [-0.4, -0.2) is 20.7 Å². The van der Waals surface area contributed by atoms with Crippen molar-refractivity contribution in [2.24, 2.45) is 0 Å². The van der Waals surface area contributed by atoms with Crippen LogP contribution in [-0.2, 0) is 6.54 Å². The van der Waals surface area contributed by atoms with Gasteiger partial charge in [-0.25, -0.2) is 4.98 Å². The van der Waals surface area contributed by atoms with Crippen molar-refractivity contribution in [3.63, 3.8) is 0 Å². The first kappa shape index (κ1) is 18.7. The van der Waals surface area contributed by atoms with E-state index < -0.39 is 0 Å². The Labute approximate surface area is 175 Å². The number of hydrogen-bond acceptors (Lipinski definition) is 3. The topological polar surface area (TPSA) is 59.8 Å². The van der Waals surface area contributed by atoms with E-state index in [4.69, 9.17) is 11.6 Å². The van der Waals surface area contributed by atoms with Gasteiger partial charge in [0.05, 0.1) is 23.4 Å². The Bertz CT molecular complexity index is 1190. The number of aryl methyl sites for hydroxylation is 1. The lowest BCUT2D eigenvalue weighted by molar-refractivity contribution is 0.102. The molecule has 0 fully saturated rings. The first-order valence-electron chi connectivity index (χ1n) is 8.64. The minimum absolute atomic E-state index is 0.268. The molecule has 0 unspecified atom stereocenters. The summed E-state index contributed by atoms with van der Waals surface area (Å²) in [5.41, 5.74) is 3.56. The standard InChI is InChI=1S/C21H16BrClN4O/c1-13-20(12-27(26-13)11-14-3-2-4-17(23)9-14)25-21(28)19-7-5-15-10-16(22)6-8-18(15)24-19/h2-10,12H,11H2,1H3,(H,25,28). The average molecular weight is 456 g/mol. The molecule has 28 heavy (non-hydrogen) atoms. The number of fused-ring (bicyclic) bond motifs is 1. The minimum Gasteiger partial charge on any atom is -0.318 e. The van der Waals surface area contributed by atoms with E-state index in [9.17, 15) is 4.79 Å². The van der Waals surface area contributed by atoms with Crippen molar-refractivity contribution in [2.45, 2.75) is 13.5 Å². The molecule has 7 heteroatoms. The van der Waals surface area contributed by atoms with Crippen molar-refractivity contribution in [3.05, 3.63) is 87.2 Å². The van der Waals surface area contributed by atoms with E-state index in [0.29, 0.717) is 22.9 Å². The average Bonchev–Trinajstić information content (AvgIpc) is 3.00. The monoisotopic (exact) mass is 454 g/mol.